The van der Waals surface area contributed by atoms with Gasteiger partial charge in [0.05, 0.1) is 0 Å². The molecule has 2 heterocycles. The van der Waals surface area contributed by atoms with E-state index in [1.165, 1.54) is 21.9 Å². The van der Waals surface area contributed by atoms with Crippen molar-refractivity contribution < 1.29 is 0 Å². The molecule has 0 aliphatic rings. The van der Waals surface area contributed by atoms with Gasteiger partial charge < -0.3 is 0 Å². The first-order chi connectivity index (χ1) is 20.2. The molecule has 0 aliphatic heterocycles. The maximum Gasteiger partial charge on any atom is 0.164 e. The zero-order chi connectivity index (χ0) is 27.6. The quantitative estimate of drug-likeness (QED) is 0.224. The summed E-state index contributed by atoms with van der Waals surface area (Å²) in [4.78, 5) is 19.1. The summed E-state index contributed by atoms with van der Waals surface area (Å²) in [7, 11) is 0. The lowest BCUT2D eigenvalue weighted by atomic mass is 9.95. The molecule has 2 aromatic heterocycles. The van der Waals surface area contributed by atoms with E-state index in [1.807, 2.05) is 66.9 Å². The van der Waals surface area contributed by atoms with E-state index in [0.717, 1.165) is 33.5 Å². The zero-order valence-electron chi connectivity index (χ0n) is 22.6. The Morgan fingerprint density at radius 2 is 0.951 bits per heavy atom. The first-order valence-corrected chi connectivity index (χ1v) is 13.7. The molecule has 0 N–H and O–H groups in total. The van der Waals surface area contributed by atoms with E-state index in [-0.39, 0.29) is 0 Å². The van der Waals surface area contributed by atoms with Gasteiger partial charge in [-0.15, -0.1) is 0 Å². The molecule has 7 rings (SSSR count). The highest BCUT2D eigenvalue weighted by Gasteiger charge is 2.13. The van der Waals surface area contributed by atoms with Crippen LogP contribution in [-0.4, -0.2) is 19.9 Å². The van der Waals surface area contributed by atoms with Crippen LogP contribution in [0.15, 0.2) is 140 Å². The molecule has 0 saturated carbocycles. The predicted molar refractivity (Wildman–Crippen MR) is 167 cm³/mol. The van der Waals surface area contributed by atoms with Crippen LogP contribution in [0.4, 0.5) is 0 Å². The normalized spacial score (nSPS) is 11.0. The van der Waals surface area contributed by atoms with E-state index < -0.39 is 0 Å². The molecule has 0 atom stereocenters. The van der Waals surface area contributed by atoms with Crippen LogP contribution in [0.1, 0.15) is 5.69 Å². The van der Waals surface area contributed by atoms with Crippen molar-refractivity contribution in [1.29, 1.82) is 0 Å². The topological polar surface area (TPSA) is 51.6 Å². The summed E-state index contributed by atoms with van der Waals surface area (Å²) in [5.74, 6) is 1.96. The maximum absolute atomic E-state index is 4.90. The molecule has 0 saturated heterocycles. The SMILES string of the molecule is Cc1nccc2cccc(-c3ccc(-c4cccc(-c5nc(-c6ccccc6)nc(-c6ccccc6)n5)c4)cc3)c12. The number of aryl methyl sites for hydroxylation is 1. The van der Waals surface area contributed by atoms with Gasteiger partial charge in [0.15, 0.2) is 17.5 Å². The minimum absolute atomic E-state index is 0.648. The van der Waals surface area contributed by atoms with Crippen molar-refractivity contribution >= 4 is 10.8 Å². The monoisotopic (exact) mass is 526 g/mol. The van der Waals surface area contributed by atoms with Crippen LogP contribution in [0.2, 0.25) is 0 Å². The van der Waals surface area contributed by atoms with Gasteiger partial charge in [0.25, 0.3) is 0 Å². The van der Waals surface area contributed by atoms with Gasteiger partial charge in [-0.2, -0.15) is 0 Å². The Bertz CT molecular complexity index is 1920. The Hall–Kier alpha value is -5.48. The molecule has 5 aromatic carbocycles. The summed E-state index contributed by atoms with van der Waals surface area (Å²) in [5, 5.41) is 2.40. The Morgan fingerprint density at radius 3 is 1.61 bits per heavy atom. The minimum atomic E-state index is 0.648. The Balaban J connectivity index is 1.28. The van der Waals surface area contributed by atoms with Crippen LogP contribution in [0, 0.1) is 6.92 Å². The van der Waals surface area contributed by atoms with E-state index in [0.29, 0.717) is 17.5 Å². The fourth-order valence-electron chi connectivity index (χ4n) is 5.27. The second-order valence-corrected chi connectivity index (χ2v) is 10.00. The summed E-state index contributed by atoms with van der Waals surface area (Å²) in [6.45, 7) is 2.07. The molecule has 4 nitrogen and oxygen atoms in total. The van der Waals surface area contributed by atoms with Crippen molar-refractivity contribution in [2.24, 2.45) is 0 Å². The highest BCUT2D eigenvalue weighted by Crippen LogP contribution is 2.33. The number of fused-ring (bicyclic) bond motifs is 1. The largest absolute Gasteiger partial charge is 0.261 e. The molecule has 194 valence electrons. The van der Waals surface area contributed by atoms with E-state index in [2.05, 4.69) is 84.7 Å². The van der Waals surface area contributed by atoms with Gasteiger partial charge in [0.2, 0.25) is 0 Å². The third-order valence-electron chi connectivity index (χ3n) is 7.33. The molecule has 0 radical (unpaired) electrons. The number of hydrogen-bond donors (Lipinski definition) is 0. The number of hydrogen-bond acceptors (Lipinski definition) is 4. The molecule has 4 heteroatoms. The van der Waals surface area contributed by atoms with Crippen molar-refractivity contribution in [3.63, 3.8) is 0 Å². The van der Waals surface area contributed by atoms with Gasteiger partial charge in [-0.3, -0.25) is 4.98 Å². The molecule has 7 aromatic rings. The molecule has 0 bridgehead atoms. The fraction of sp³-hybridized carbons (Fsp3) is 0.0270. The first kappa shape index (κ1) is 24.6. The van der Waals surface area contributed by atoms with Crippen LogP contribution in [0.5, 0.6) is 0 Å². The van der Waals surface area contributed by atoms with Gasteiger partial charge in [0, 0.05) is 34.0 Å². The maximum atomic E-state index is 4.90. The van der Waals surface area contributed by atoms with Gasteiger partial charge in [0.1, 0.15) is 0 Å². The smallest absolute Gasteiger partial charge is 0.164 e. The summed E-state index contributed by atoms with van der Waals surface area (Å²) in [6, 6.07) is 45.7. The molecule has 0 unspecified atom stereocenters. The van der Waals surface area contributed by atoms with Crippen LogP contribution in [0.25, 0.3) is 67.2 Å². The summed E-state index contributed by atoms with van der Waals surface area (Å²) in [6.07, 6.45) is 1.87. The van der Waals surface area contributed by atoms with Gasteiger partial charge >= 0.3 is 0 Å². The third kappa shape index (κ3) is 4.88. The first-order valence-electron chi connectivity index (χ1n) is 13.7. The minimum Gasteiger partial charge on any atom is -0.261 e. The van der Waals surface area contributed by atoms with Gasteiger partial charge in [-0.1, -0.05) is 121 Å². The van der Waals surface area contributed by atoms with Crippen LogP contribution >= 0.6 is 0 Å². The van der Waals surface area contributed by atoms with E-state index >= 15 is 0 Å². The lowest BCUT2D eigenvalue weighted by Gasteiger charge is -2.11. The van der Waals surface area contributed by atoms with Crippen LogP contribution in [-0.2, 0) is 0 Å². The predicted octanol–water partition coefficient (Wildman–Crippen LogP) is 9.06. The number of rotatable bonds is 5. The fourth-order valence-corrected chi connectivity index (χ4v) is 5.27. The Labute approximate surface area is 239 Å². The number of benzene rings is 5. The molecule has 0 aliphatic carbocycles. The van der Waals surface area contributed by atoms with Gasteiger partial charge in [-0.05, 0) is 46.7 Å². The molecule has 41 heavy (non-hydrogen) atoms. The van der Waals surface area contributed by atoms with Crippen molar-refractivity contribution in [2.45, 2.75) is 6.92 Å². The second-order valence-electron chi connectivity index (χ2n) is 10.00. The standard InChI is InChI=1S/C37H26N4/c1-25-34-28(22-23-38-25)14-9-17-33(34)27-20-18-26(19-21-27)31-15-8-16-32(24-31)37-40-35(29-10-4-2-5-11-29)39-36(41-37)30-12-6-3-7-13-30/h2-24H,1H3. The Kier molecular flexibility index (Phi) is 6.34. The molecule has 0 spiro atoms. The highest BCUT2D eigenvalue weighted by atomic mass is 15.0. The Morgan fingerprint density at radius 1 is 0.415 bits per heavy atom. The van der Waals surface area contributed by atoms with Crippen molar-refractivity contribution in [3.8, 4) is 56.4 Å². The van der Waals surface area contributed by atoms with E-state index in [1.54, 1.807) is 0 Å². The van der Waals surface area contributed by atoms with Crippen molar-refractivity contribution in [3.05, 3.63) is 145 Å². The third-order valence-corrected chi connectivity index (χ3v) is 7.33. The van der Waals surface area contributed by atoms with Crippen LogP contribution < -0.4 is 0 Å². The molecule has 0 fully saturated rings. The molecular formula is C37H26N4. The van der Waals surface area contributed by atoms with Crippen molar-refractivity contribution in [1.82, 2.24) is 19.9 Å². The molecular weight excluding hydrogens is 500 g/mol. The number of pyridine rings is 1. The average Bonchev–Trinajstić information content (AvgIpc) is 3.05. The number of nitrogens with zero attached hydrogens (tertiary/aromatic N) is 4. The van der Waals surface area contributed by atoms with Gasteiger partial charge in [-0.25, -0.2) is 15.0 Å². The number of aromatic nitrogens is 4. The van der Waals surface area contributed by atoms with E-state index in [9.17, 15) is 0 Å². The molecule has 0 amide bonds. The highest BCUT2D eigenvalue weighted by molar-refractivity contribution is 5.98. The van der Waals surface area contributed by atoms with Crippen molar-refractivity contribution in [2.75, 3.05) is 0 Å². The summed E-state index contributed by atoms with van der Waals surface area (Å²) in [5.41, 5.74) is 8.50. The lowest BCUT2D eigenvalue weighted by molar-refractivity contribution is 1.07. The lowest BCUT2D eigenvalue weighted by Crippen LogP contribution is -2.00. The summed E-state index contributed by atoms with van der Waals surface area (Å²) >= 11 is 0. The average molecular weight is 527 g/mol. The second kappa shape index (κ2) is 10.6. The zero-order valence-corrected chi connectivity index (χ0v) is 22.6. The van der Waals surface area contributed by atoms with E-state index in [4.69, 9.17) is 15.0 Å². The summed E-state index contributed by atoms with van der Waals surface area (Å²) < 4.78 is 0. The van der Waals surface area contributed by atoms with Crippen LogP contribution in [0.3, 0.4) is 0 Å².